The van der Waals surface area contributed by atoms with E-state index in [-0.39, 0.29) is 0 Å². The first kappa shape index (κ1) is 9.46. The molecule has 0 unspecified atom stereocenters. The van der Waals surface area contributed by atoms with Gasteiger partial charge in [0.15, 0.2) is 0 Å². The topological polar surface area (TPSA) is 4.93 Å². The van der Waals surface area contributed by atoms with Gasteiger partial charge in [0.2, 0.25) is 0 Å². The van der Waals surface area contributed by atoms with Crippen LogP contribution in [0.3, 0.4) is 0 Å². The molecule has 16 heavy (non-hydrogen) atoms. The van der Waals surface area contributed by atoms with Crippen molar-refractivity contribution in [3.8, 4) is 5.69 Å². The molecule has 1 aliphatic carbocycles. The Labute approximate surface area is 96.0 Å². The molecule has 0 saturated heterocycles. The van der Waals surface area contributed by atoms with Crippen LogP contribution in [0.1, 0.15) is 23.6 Å². The fourth-order valence-corrected chi connectivity index (χ4v) is 2.27. The minimum Gasteiger partial charge on any atom is -0.323 e. The van der Waals surface area contributed by atoms with Gasteiger partial charge in [0.25, 0.3) is 0 Å². The molecule has 0 saturated carbocycles. The molecule has 80 valence electrons. The molecular weight excluding hydrogens is 194 g/mol. The summed E-state index contributed by atoms with van der Waals surface area (Å²) in [7, 11) is 0. The van der Waals surface area contributed by atoms with Crippen LogP contribution >= 0.6 is 0 Å². The van der Waals surface area contributed by atoms with Crippen molar-refractivity contribution in [1.82, 2.24) is 4.57 Å². The van der Waals surface area contributed by atoms with Crippen molar-refractivity contribution < 1.29 is 0 Å². The Bertz CT molecular complexity index is 556. The van der Waals surface area contributed by atoms with E-state index in [0.29, 0.717) is 0 Å². The maximum atomic E-state index is 2.28. The molecule has 0 N–H and O–H groups in total. The van der Waals surface area contributed by atoms with Gasteiger partial charge in [-0.1, -0.05) is 29.3 Å². The van der Waals surface area contributed by atoms with Gasteiger partial charge < -0.3 is 4.57 Å². The molecule has 1 heterocycles. The van der Waals surface area contributed by atoms with E-state index in [9.17, 15) is 0 Å². The number of fused-ring (bicyclic) bond motifs is 1. The monoisotopic (exact) mass is 209 g/mol. The lowest BCUT2D eigenvalue weighted by molar-refractivity contribution is 1.06. The van der Waals surface area contributed by atoms with E-state index < -0.39 is 0 Å². The normalized spacial score (nSPS) is 13.8. The first-order chi connectivity index (χ1) is 7.72. The van der Waals surface area contributed by atoms with Gasteiger partial charge in [-0.25, -0.2) is 0 Å². The number of allylic oxidation sites excluding steroid dienone is 1. The van der Waals surface area contributed by atoms with Crippen LogP contribution in [0.5, 0.6) is 0 Å². The van der Waals surface area contributed by atoms with Crippen LogP contribution in [-0.4, -0.2) is 4.57 Å². The number of rotatable bonds is 1. The van der Waals surface area contributed by atoms with Crippen molar-refractivity contribution in [3.63, 3.8) is 0 Å². The average Bonchev–Trinajstić information content (AvgIpc) is 2.75. The van der Waals surface area contributed by atoms with Crippen LogP contribution in [-0.2, 0) is 6.42 Å². The van der Waals surface area contributed by atoms with Gasteiger partial charge in [-0.2, -0.15) is 0 Å². The van der Waals surface area contributed by atoms with Crippen LogP contribution in [0.15, 0.2) is 42.2 Å². The first-order valence-corrected chi connectivity index (χ1v) is 5.67. The number of benzene rings is 1. The number of hydrogen-bond acceptors (Lipinski definition) is 0. The zero-order chi connectivity index (χ0) is 11.1. The molecule has 1 aromatic carbocycles. The van der Waals surface area contributed by atoms with E-state index in [1.165, 1.54) is 28.0 Å². The van der Waals surface area contributed by atoms with Gasteiger partial charge >= 0.3 is 0 Å². The molecule has 1 nitrogen and oxygen atoms in total. The van der Waals surface area contributed by atoms with Crippen LogP contribution in [0, 0.1) is 6.92 Å². The van der Waals surface area contributed by atoms with Crippen LogP contribution in [0.4, 0.5) is 0 Å². The SMILES string of the molecule is CC1=Cc2cn(-c3ccc(C)cc3)cc2C1. The summed E-state index contributed by atoms with van der Waals surface area (Å²) in [6.07, 6.45) is 7.84. The van der Waals surface area contributed by atoms with Crippen molar-refractivity contribution >= 4 is 6.08 Å². The molecule has 0 fully saturated rings. The fourth-order valence-electron chi connectivity index (χ4n) is 2.27. The molecule has 1 heteroatoms. The Morgan fingerprint density at radius 1 is 1.00 bits per heavy atom. The number of hydrogen-bond donors (Lipinski definition) is 0. The third kappa shape index (κ3) is 1.49. The van der Waals surface area contributed by atoms with Gasteiger partial charge in [-0.3, -0.25) is 0 Å². The second-order valence-corrected chi connectivity index (χ2v) is 4.65. The van der Waals surface area contributed by atoms with Crippen molar-refractivity contribution in [2.24, 2.45) is 0 Å². The Morgan fingerprint density at radius 2 is 1.75 bits per heavy atom. The lowest BCUT2D eigenvalue weighted by atomic mass is 10.2. The molecule has 0 atom stereocenters. The quantitative estimate of drug-likeness (QED) is 0.674. The van der Waals surface area contributed by atoms with Crippen molar-refractivity contribution in [1.29, 1.82) is 0 Å². The van der Waals surface area contributed by atoms with Gasteiger partial charge in [-0.15, -0.1) is 0 Å². The molecule has 0 aliphatic heterocycles. The lowest BCUT2D eigenvalue weighted by Crippen LogP contribution is -1.90. The highest BCUT2D eigenvalue weighted by molar-refractivity contribution is 5.63. The Morgan fingerprint density at radius 3 is 2.44 bits per heavy atom. The fraction of sp³-hybridized carbons (Fsp3) is 0.200. The molecule has 2 aromatic rings. The summed E-state index contributed by atoms with van der Waals surface area (Å²) in [5.41, 5.74) is 6.82. The summed E-state index contributed by atoms with van der Waals surface area (Å²) < 4.78 is 2.22. The summed E-state index contributed by atoms with van der Waals surface area (Å²) in [6.45, 7) is 4.31. The van der Waals surface area contributed by atoms with Crippen LogP contribution in [0.25, 0.3) is 11.8 Å². The van der Waals surface area contributed by atoms with Gasteiger partial charge in [-0.05, 0) is 43.5 Å². The molecule has 0 spiro atoms. The molecule has 3 rings (SSSR count). The van der Waals surface area contributed by atoms with E-state index in [2.05, 4.69) is 61.1 Å². The first-order valence-electron chi connectivity index (χ1n) is 5.67. The lowest BCUT2D eigenvalue weighted by Gasteiger charge is -2.03. The molecule has 0 amide bonds. The van der Waals surface area contributed by atoms with Gasteiger partial charge in [0.1, 0.15) is 0 Å². The average molecular weight is 209 g/mol. The highest BCUT2D eigenvalue weighted by Crippen LogP contribution is 2.26. The minimum absolute atomic E-state index is 1.11. The summed E-state index contributed by atoms with van der Waals surface area (Å²) in [4.78, 5) is 0. The largest absolute Gasteiger partial charge is 0.323 e. The summed E-state index contributed by atoms with van der Waals surface area (Å²) >= 11 is 0. The predicted octanol–water partition coefficient (Wildman–Crippen LogP) is 3.75. The van der Waals surface area contributed by atoms with Gasteiger partial charge in [0.05, 0.1) is 0 Å². The maximum absolute atomic E-state index is 2.28. The van der Waals surface area contributed by atoms with E-state index >= 15 is 0 Å². The molecule has 0 radical (unpaired) electrons. The molecule has 1 aromatic heterocycles. The zero-order valence-electron chi connectivity index (χ0n) is 9.70. The van der Waals surface area contributed by atoms with Crippen LogP contribution < -0.4 is 0 Å². The second kappa shape index (κ2) is 3.38. The molecule has 1 aliphatic rings. The van der Waals surface area contributed by atoms with Crippen molar-refractivity contribution in [2.45, 2.75) is 20.3 Å². The van der Waals surface area contributed by atoms with E-state index in [1.807, 2.05) is 0 Å². The summed E-state index contributed by atoms with van der Waals surface area (Å²) in [5, 5.41) is 0. The predicted molar refractivity (Wildman–Crippen MR) is 67.9 cm³/mol. The maximum Gasteiger partial charge on any atom is 0.0449 e. The number of aryl methyl sites for hydroxylation is 1. The highest BCUT2D eigenvalue weighted by Gasteiger charge is 2.12. The van der Waals surface area contributed by atoms with Crippen LogP contribution in [0.2, 0.25) is 0 Å². The second-order valence-electron chi connectivity index (χ2n) is 4.65. The van der Waals surface area contributed by atoms with E-state index in [0.717, 1.165) is 6.42 Å². The smallest absolute Gasteiger partial charge is 0.0449 e. The third-order valence-corrected chi connectivity index (χ3v) is 3.15. The van der Waals surface area contributed by atoms with Crippen molar-refractivity contribution in [2.75, 3.05) is 0 Å². The van der Waals surface area contributed by atoms with Crippen molar-refractivity contribution in [3.05, 3.63) is 58.9 Å². The standard InChI is InChI=1S/C15H15N/c1-11-3-5-15(6-4-11)16-9-13-7-12(2)8-14(13)10-16/h3-7,9-10H,8H2,1-2H3. The molecule has 0 bridgehead atoms. The Balaban J connectivity index is 2.02. The Kier molecular flexibility index (Phi) is 2.00. The van der Waals surface area contributed by atoms with Gasteiger partial charge in [0, 0.05) is 18.1 Å². The zero-order valence-corrected chi connectivity index (χ0v) is 9.70. The summed E-state index contributed by atoms with van der Waals surface area (Å²) in [6, 6.07) is 8.64. The third-order valence-electron chi connectivity index (χ3n) is 3.15. The van der Waals surface area contributed by atoms with E-state index in [1.54, 1.807) is 0 Å². The number of aromatic nitrogens is 1. The highest BCUT2D eigenvalue weighted by atomic mass is 14.9. The Hall–Kier alpha value is -1.76. The summed E-state index contributed by atoms with van der Waals surface area (Å²) in [5.74, 6) is 0. The minimum atomic E-state index is 1.11. The molecular formula is C15H15N. The number of nitrogens with zero attached hydrogens (tertiary/aromatic N) is 1. The van der Waals surface area contributed by atoms with E-state index in [4.69, 9.17) is 0 Å².